The van der Waals surface area contributed by atoms with Gasteiger partial charge in [0.15, 0.2) is 0 Å². The van der Waals surface area contributed by atoms with Crippen LogP contribution in [0.15, 0.2) is 0 Å². The zero-order chi connectivity index (χ0) is 13.8. The molecule has 0 heterocycles. The summed E-state index contributed by atoms with van der Waals surface area (Å²) < 4.78 is 24.9. The first-order chi connectivity index (χ1) is 8.34. The number of alkyl halides is 2. The van der Waals surface area contributed by atoms with Crippen LogP contribution in [0.2, 0.25) is 0 Å². The van der Waals surface area contributed by atoms with Gasteiger partial charge in [-0.1, -0.05) is 13.8 Å². The van der Waals surface area contributed by atoms with Gasteiger partial charge in [-0.05, 0) is 30.6 Å². The monoisotopic (exact) mass is 264 g/mol. The van der Waals surface area contributed by atoms with Crippen LogP contribution in [0.5, 0.6) is 0 Å². The molecule has 2 unspecified atom stereocenters. The Balaban J connectivity index is 2.55. The molecule has 1 rings (SSSR count). The minimum atomic E-state index is -2.36. The standard InChI is InChI=1S/C13H26F2N2O/c1-13(2)4-3-11(16)10(7-13)8-17(5-6-18)9-12(14)15/h10-12,18H,3-9,16H2,1-2H3. The van der Waals surface area contributed by atoms with E-state index >= 15 is 0 Å². The summed E-state index contributed by atoms with van der Waals surface area (Å²) in [6.07, 6.45) is 0.669. The zero-order valence-electron chi connectivity index (χ0n) is 11.4. The van der Waals surface area contributed by atoms with E-state index in [2.05, 4.69) is 13.8 Å². The van der Waals surface area contributed by atoms with E-state index < -0.39 is 6.43 Å². The van der Waals surface area contributed by atoms with E-state index in [9.17, 15) is 8.78 Å². The Hall–Kier alpha value is -0.260. The van der Waals surface area contributed by atoms with Crippen molar-refractivity contribution >= 4 is 0 Å². The van der Waals surface area contributed by atoms with Gasteiger partial charge in [-0.3, -0.25) is 4.90 Å². The van der Waals surface area contributed by atoms with Crippen LogP contribution in [0, 0.1) is 11.3 Å². The van der Waals surface area contributed by atoms with Gasteiger partial charge in [0.1, 0.15) is 0 Å². The first kappa shape index (κ1) is 15.8. The average Bonchev–Trinajstić information content (AvgIpc) is 2.22. The third kappa shape index (κ3) is 5.16. The Morgan fingerprint density at radius 1 is 1.44 bits per heavy atom. The van der Waals surface area contributed by atoms with Crippen molar-refractivity contribution in [1.82, 2.24) is 4.90 Å². The van der Waals surface area contributed by atoms with Crippen LogP contribution in [-0.2, 0) is 0 Å². The number of aliphatic hydroxyl groups is 1. The molecule has 108 valence electrons. The molecule has 0 amide bonds. The van der Waals surface area contributed by atoms with Gasteiger partial charge >= 0.3 is 0 Å². The smallest absolute Gasteiger partial charge is 0.251 e. The molecule has 1 saturated carbocycles. The normalized spacial score (nSPS) is 28.0. The van der Waals surface area contributed by atoms with Crippen LogP contribution in [-0.4, -0.2) is 48.7 Å². The van der Waals surface area contributed by atoms with Crippen molar-refractivity contribution in [1.29, 1.82) is 0 Å². The van der Waals surface area contributed by atoms with Crippen LogP contribution in [0.25, 0.3) is 0 Å². The van der Waals surface area contributed by atoms with Crippen molar-refractivity contribution in [2.45, 2.75) is 45.6 Å². The van der Waals surface area contributed by atoms with E-state index in [0.717, 1.165) is 19.3 Å². The number of rotatable bonds is 6. The molecule has 5 heteroatoms. The molecule has 3 nitrogen and oxygen atoms in total. The number of halogens is 2. The van der Waals surface area contributed by atoms with E-state index in [1.165, 1.54) is 0 Å². The molecule has 2 atom stereocenters. The van der Waals surface area contributed by atoms with Gasteiger partial charge in [-0.15, -0.1) is 0 Å². The summed E-state index contributed by atoms with van der Waals surface area (Å²) in [7, 11) is 0. The lowest BCUT2D eigenvalue weighted by Gasteiger charge is -2.41. The van der Waals surface area contributed by atoms with Crippen molar-refractivity contribution < 1.29 is 13.9 Å². The highest BCUT2D eigenvalue weighted by molar-refractivity contribution is 4.88. The lowest BCUT2D eigenvalue weighted by atomic mass is 9.70. The third-order valence-electron chi connectivity index (χ3n) is 3.88. The SMILES string of the molecule is CC1(C)CCC(N)C(CN(CCO)CC(F)F)C1. The maximum absolute atomic E-state index is 12.5. The molecule has 1 aliphatic carbocycles. The van der Waals surface area contributed by atoms with Crippen LogP contribution >= 0.6 is 0 Å². The summed E-state index contributed by atoms with van der Waals surface area (Å²) in [6.45, 7) is 4.91. The predicted octanol–water partition coefficient (Wildman–Crippen LogP) is 1.70. The van der Waals surface area contributed by atoms with Gasteiger partial charge in [0.05, 0.1) is 13.2 Å². The summed E-state index contributed by atoms with van der Waals surface area (Å²) in [5, 5.41) is 8.93. The van der Waals surface area contributed by atoms with Gasteiger partial charge in [0.25, 0.3) is 6.43 Å². The first-order valence-corrected chi connectivity index (χ1v) is 6.71. The summed E-state index contributed by atoms with van der Waals surface area (Å²) in [4.78, 5) is 1.64. The molecule has 0 radical (unpaired) electrons. The van der Waals surface area contributed by atoms with E-state index in [1.54, 1.807) is 4.90 Å². The highest BCUT2D eigenvalue weighted by Gasteiger charge is 2.34. The van der Waals surface area contributed by atoms with Crippen LogP contribution in [0.4, 0.5) is 8.78 Å². The van der Waals surface area contributed by atoms with Gasteiger partial charge < -0.3 is 10.8 Å². The Kier molecular flexibility index (Phi) is 5.95. The molecule has 0 bridgehead atoms. The Morgan fingerprint density at radius 2 is 2.11 bits per heavy atom. The van der Waals surface area contributed by atoms with E-state index in [0.29, 0.717) is 13.1 Å². The first-order valence-electron chi connectivity index (χ1n) is 6.71. The van der Waals surface area contributed by atoms with Crippen LogP contribution in [0.1, 0.15) is 33.1 Å². The summed E-state index contributed by atoms with van der Waals surface area (Å²) in [6, 6.07) is 0.0943. The lowest BCUT2D eigenvalue weighted by molar-refractivity contribution is 0.0511. The number of hydrogen-bond donors (Lipinski definition) is 2. The van der Waals surface area contributed by atoms with Crippen LogP contribution in [0.3, 0.4) is 0 Å². The highest BCUT2D eigenvalue weighted by Crippen LogP contribution is 2.38. The molecule has 18 heavy (non-hydrogen) atoms. The topological polar surface area (TPSA) is 49.5 Å². The van der Waals surface area contributed by atoms with E-state index in [-0.39, 0.29) is 30.5 Å². The third-order valence-corrected chi connectivity index (χ3v) is 3.88. The number of aliphatic hydroxyl groups excluding tert-OH is 1. The van der Waals surface area contributed by atoms with E-state index in [4.69, 9.17) is 10.8 Å². The summed E-state index contributed by atoms with van der Waals surface area (Å²) in [5.41, 5.74) is 6.34. The van der Waals surface area contributed by atoms with Crippen molar-refractivity contribution in [2.75, 3.05) is 26.2 Å². The molecule has 1 aliphatic rings. The van der Waals surface area contributed by atoms with Gasteiger partial charge in [-0.25, -0.2) is 8.78 Å². The Morgan fingerprint density at radius 3 is 2.67 bits per heavy atom. The summed E-state index contributed by atoms with van der Waals surface area (Å²) >= 11 is 0. The van der Waals surface area contributed by atoms with Gasteiger partial charge in [0, 0.05) is 19.1 Å². The van der Waals surface area contributed by atoms with Gasteiger partial charge in [0.2, 0.25) is 0 Å². The second-order valence-electron chi connectivity index (χ2n) is 6.21. The molecule has 1 fully saturated rings. The second kappa shape index (κ2) is 6.78. The number of hydrogen-bond acceptors (Lipinski definition) is 3. The summed E-state index contributed by atoms with van der Waals surface area (Å²) in [5.74, 6) is 0.249. The quantitative estimate of drug-likeness (QED) is 0.767. The maximum Gasteiger partial charge on any atom is 0.251 e. The van der Waals surface area contributed by atoms with Crippen LogP contribution < -0.4 is 5.73 Å². The highest BCUT2D eigenvalue weighted by atomic mass is 19.3. The molecular weight excluding hydrogens is 238 g/mol. The minimum Gasteiger partial charge on any atom is -0.395 e. The van der Waals surface area contributed by atoms with Crippen molar-refractivity contribution in [3.8, 4) is 0 Å². The maximum atomic E-state index is 12.5. The number of nitrogens with two attached hydrogens (primary N) is 1. The lowest BCUT2D eigenvalue weighted by Crippen LogP contribution is -2.46. The predicted molar refractivity (Wildman–Crippen MR) is 68.6 cm³/mol. The molecule has 0 saturated heterocycles. The molecule has 0 aromatic carbocycles. The Bertz CT molecular complexity index is 249. The molecule has 0 aromatic rings. The zero-order valence-corrected chi connectivity index (χ0v) is 11.4. The minimum absolute atomic E-state index is 0.0852. The Labute approximate surface area is 108 Å². The van der Waals surface area contributed by atoms with Crippen molar-refractivity contribution in [3.05, 3.63) is 0 Å². The molecular formula is C13H26F2N2O. The van der Waals surface area contributed by atoms with Gasteiger partial charge in [-0.2, -0.15) is 0 Å². The fraction of sp³-hybridized carbons (Fsp3) is 1.00. The molecule has 3 N–H and O–H groups in total. The average molecular weight is 264 g/mol. The largest absolute Gasteiger partial charge is 0.395 e. The van der Waals surface area contributed by atoms with E-state index in [1.807, 2.05) is 0 Å². The fourth-order valence-corrected chi connectivity index (χ4v) is 2.88. The molecule has 0 aromatic heterocycles. The molecule has 0 aliphatic heterocycles. The van der Waals surface area contributed by atoms with Crippen molar-refractivity contribution in [2.24, 2.45) is 17.1 Å². The second-order valence-corrected chi connectivity index (χ2v) is 6.21. The van der Waals surface area contributed by atoms with Crippen molar-refractivity contribution in [3.63, 3.8) is 0 Å². The number of nitrogens with zero attached hydrogens (tertiary/aromatic N) is 1. The fourth-order valence-electron chi connectivity index (χ4n) is 2.88. The molecule has 0 spiro atoms.